The van der Waals surface area contributed by atoms with Crippen LogP contribution in [0.1, 0.15) is 22.8 Å². The number of ether oxygens (including phenoxy) is 1. The third-order valence-corrected chi connectivity index (χ3v) is 6.18. The van der Waals surface area contributed by atoms with Gasteiger partial charge in [0.15, 0.2) is 0 Å². The second-order valence-corrected chi connectivity index (χ2v) is 7.91. The summed E-state index contributed by atoms with van der Waals surface area (Å²) in [5.74, 6) is 0.423. The number of hydrogen-bond donors (Lipinski definition) is 0. The molecule has 4 rings (SSSR count). The molecule has 0 saturated carbocycles. The normalized spacial score (nSPS) is 10.9. The number of rotatable bonds is 6. The molecule has 0 amide bonds. The minimum atomic E-state index is -0.289. The molecule has 0 saturated heterocycles. The quantitative estimate of drug-likeness (QED) is 0.229. The van der Waals surface area contributed by atoms with Gasteiger partial charge in [0.2, 0.25) is 0 Å². The molecular formula is C22H18N2O2S2. The summed E-state index contributed by atoms with van der Waals surface area (Å²) in [6.45, 7) is 2.18. The molecule has 0 spiro atoms. The lowest BCUT2D eigenvalue weighted by Gasteiger charge is -2.07. The molecule has 140 valence electrons. The number of aromatic nitrogens is 2. The van der Waals surface area contributed by atoms with Crippen molar-refractivity contribution in [3.63, 3.8) is 0 Å². The van der Waals surface area contributed by atoms with Gasteiger partial charge in [-0.05, 0) is 30.2 Å². The summed E-state index contributed by atoms with van der Waals surface area (Å²) >= 11 is 3.28. The van der Waals surface area contributed by atoms with Crippen molar-refractivity contribution in [2.24, 2.45) is 0 Å². The van der Waals surface area contributed by atoms with E-state index in [1.54, 1.807) is 35.5 Å². The molecule has 4 aromatic rings. The monoisotopic (exact) mass is 406 g/mol. The van der Waals surface area contributed by atoms with Crippen molar-refractivity contribution in [3.05, 3.63) is 77.4 Å². The molecule has 0 radical (unpaired) electrons. The van der Waals surface area contributed by atoms with E-state index in [1.165, 1.54) is 0 Å². The molecular weight excluding hydrogens is 388 g/mol. The fourth-order valence-corrected chi connectivity index (χ4v) is 4.88. The van der Waals surface area contributed by atoms with Gasteiger partial charge in [0.1, 0.15) is 16.2 Å². The van der Waals surface area contributed by atoms with Gasteiger partial charge in [-0.25, -0.2) is 14.8 Å². The largest absolute Gasteiger partial charge is 0.462 e. The van der Waals surface area contributed by atoms with E-state index in [1.807, 2.05) is 43.3 Å². The fourth-order valence-electron chi connectivity index (χ4n) is 2.94. The van der Waals surface area contributed by atoms with Gasteiger partial charge in [0.25, 0.3) is 0 Å². The van der Waals surface area contributed by atoms with E-state index in [2.05, 4.69) is 27.5 Å². The van der Waals surface area contributed by atoms with Crippen LogP contribution in [0.25, 0.3) is 21.3 Å². The Hall–Kier alpha value is -2.70. The Kier molecular flexibility index (Phi) is 5.69. The number of carbonyl (C=O) groups is 1. The average molecular weight is 407 g/mol. The van der Waals surface area contributed by atoms with Crippen molar-refractivity contribution >= 4 is 39.3 Å². The molecule has 0 N–H and O–H groups in total. The first-order valence-corrected chi connectivity index (χ1v) is 10.8. The summed E-state index contributed by atoms with van der Waals surface area (Å²) in [5, 5.41) is 4.18. The van der Waals surface area contributed by atoms with Crippen LogP contribution in [-0.2, 0) is 10.5 Å². The van der Waals surface area contributed by atoms with Crippen molar-refractivity contribution in [1.82, 2.24) is 9.97 Å². The van der Waals surface area contributed by atoms with Crippen molar-refractivity contribution in [1.29, 1.82) is 0 Å². The molecule has 2 aromatic heterocycles. The van der Waals surface area contributed by atoms with Crippen LogP contribution in [0, 0.1) is 0 Å². The van der Waals surface area contributed by atoms with E-state index in [0.717, 1.165) is 31.9 Å². The minimum absolute atomic E-state index is 0.289. The van der Waals surface area contributed by atoms with Crippen molar-refractivity contribution in [2.45, 2.75) is 17.7 Å². The molecule has 0 fully saturated rings. The summed E-state index contributed by atoms with van der Waals surface area (Å²) in [6.07, 6.45) is 1.62. The van der Waals surface area contributed by atoms with Gasteiger partial charge in [-0.1, -0.05) is 42.5 Å². The standard InChI is InChI=1S/C22H18N2O2S2/c1-2-26-22(25)17-10-6-7-15(11-17)12-27-20-19-18(16-8-4-3-5-9-16)13-28-21(19)24-14-23-20/h3-11,13-14H,2,12H2,1H3. The molecule has 6 heteroatoms. The zero-order valence-corrected chi connectivity index (χ0v) is 16.9. The maximum Gasteiger partial charge on any atom is 0.338 e. The van der Waals surface area contributed by atoms with E-state index in [0.29, 0.717) is 17.9 Å². The first-order chi connectivity index (χ1) is 13.8. The average Bonchev–Trinajstić information content (AvgIpc) is 3.18. The van der Waals surface area contributed by atoms with Crippen molar-refractivity contribution in [2.75, 3.05) is 6.61 Å². The summed E-state index contributed by atoms with van der Waals surface area (Å²) in [4.78, 5) is 21.9. The number of esters is 1. The number of hydrogen-bond acceptors (Lipinski definition) is 6. The molecule has 2 aromatic carbocycles. The highest BCUT2D eigenvalue weighted by Gasteiger charge is 2.14. The predicted molar refractivity (Wildman–Crippen MR) is 115 cm³/mol. The molecule has 0 atom stereocenters. The Morgan fingerprint density at radius 1 is 1.11 bits per heavy atom. The maximum atomic E-state index is 12.0. The van der Waals surface area contributed by atoms with E-state index >= 15 is 0 Å². The highest BCUT2D eigenvalue weighted by molar-refractivity contribution is 7.98. The highest BCUT2D eigenvalue weighted by atomic mass is 32.2. The number of benzene rings is 2. The third kappa shape index (κ3) is 3.93. The van der Waals surface area contributed by atoms with E-state index < -0.39 is 0 Å². The Balaban J connectivity index is 1.62. The second-order valence-electron chi connectivity index (χ2n) is 6.08. The Morgan fingerprint density at radius 2 is 1.96 bits per heavy atom. The maximum absolute atomic E-state index is 12.0. The summed E-state index contributed by atoms with van der Waals surface area (Å²) in [6, 6.07) is 17.9. The molecule has 0 aliphatic carbocycles. The van der Waals surface area contributed by atoms with Crippen molar-refractivity contribution in [3.8, 4) is 11.1 Å². The molecule has 4 nitrogen and oxygen atoms in total. The van der Waals surface area contributed by atoms with Crippen LogP contribution in [0.5, 0.6) is 0 Å². The lowest BCUT2D eigenvalue weighted by Crippen LogP contribution is -2.04. The Morgan fingerprint density at radius 3 is 2.79 bits per heavy atom. The van der Waals surface area contributed by atoms with E-state index in [4.69, 9.17) is 4.74 Å². The van der Waals surface area contributed by atoms with Crippen LogP contribution in [0.4, 0.5) is 0 Å². The number of carbonyl (C=O) groups excluding carboxylic acids is 1. The van der Waals surface area contributed by atoms with E-state index in [9.17, 15) is 4.79 Å². The summed E-state index contributed by atoms with van der Waals surface area (Å²) < 4.78 is 5.09. The highest BCUT2D eigenvalue weighted by Crippen LogP contribution is 2.38. The van der Waals surface area contributed by atoms with Gasteiger partial charge in [-0.15, -0.1) is 23.1 Å². The second kappa shape index (κ2) is 8.54. The third-order valence-electron chi connectivity index (χ3n) is 4.23. The van der Waals surface area contributed by atoms with Gasteiger partial charge in [0.05, 0.1) is 17.6 Å². The van der Waals surface area contributed by atoms with Crippen LogP contribution in [0.2, 0.25) is 0 Å². The number of fused-ring (bicyclic) bond motifs is 1. The number of thioether (sulfide) groups is 1. The van der Waals surface area contributed by atoms with Gasteiger partial charge in [0, 0.05) is 16.7 Å². The van der Waals surface area contributed by atoms with Crippen LogP contribution >= 0.6 is 23.1 Å². The van der Waals surface area contributed by atoms with E-state index in [-0.39, 0.29) is 5.97 Å². The summed E-state index contributed by atoms with van der Waals surface area (Å²) in [7, 11) is 0. The van der Waals surface area contributed by atoms with Gasteiger partial charge < -0.3 is 4.74 Å². The molecule has 28 heavy (non-hydrogen) atoms. The van der Waals surface area contributed by atoms with Crippen molar-refractivity contribution < 1.29 is 9.53 Å². The van der Waals surface area contributed by atoms with Crippen LogP contribution < -0.4 is 0 Å². The number of nitrogens with zero attached hydrogens (tertiary/aromatic N) is 2. The lowest BCUT2D eigenvalue weighted by atomic mass is 10.1. The SMILES string of the molecule is CCOC(=O)c1cccc(CSc2ncnc3scc(-c4ccccc4)c23)c1. The van der Waals surface area contributed by atoms with Crippen LogP contribution in [-0.4, -0.2) is 22.5 Å². The Labute approximate surface area is 171 Å². The molecule has 0 unspecified atom stereocenters. The molecule has 0 bridgehead atoms. The summed E-state index contributed by atoms with van der Waals surface area (Å²) in [5.41, 5.74) is 3.95. The Bertz CT molecular complexity index is 1110. The zero-order chi connectivity index (χ0) is 19.3. The lowest BCUT2D eigenvalue weighted by molar-refractivity contribution is 0.0526. The van der Waals surface area contributed by atoms with Gasteiger partial charge >= 0.3 is 5.97 Å². The number of thiophene rings is 1. The van der Waals surface area contributed by atoms with Crippen LogP contribution in [0.3, 0.4) is 0 Å². The molecule has 0 aliphatic rings. The zero-order valence-electron chi connectivity index (χ0n) is 15.3. The fraction of sp³-hybridized carbons (Fsp3) is 0.136. The smallest absolute Gasteiger partial charge is 0.338 e. The van der Waals surface area contributed by atoms with Crippen LogP contribution in [0.15, 0.2) is 71.3 Å². The van der Waals surface area contributed by atoms with Gasteiger partial charge in [-0.3, -0.25) is 0 Å². The molecule has 2 heterocycles. The minimum Gasteiger partial charge on any atom is -0.462 e. The topological polar surface area (TPSA) is 52.1 Å². The van der Waals surface area contributed by atoms with Gasteiger partial charge in [-0.2, -0.15) is 0 Å². The molecule has 0 aliphatic heterocycles. The first-order valence-electron chi connectivity index (χ1n) is 8.92. The first kappa shape index (κ1) is 18.7. The predicted octanol–water partition coefficient (Wildman–Crippen LogP) is 5.83.